The van der Waals surface area contributed by atoms with Gasteiger partial charge in [0.15, 0.2) is 0 Å². The number of ether oxygens (including phenoxy) is 2. The number of nitroso groups, excluding NO2 is 1. The van der Waals surface area contributed by atoms with Gasteiger partial charge >= 0.3 is 6.09 Å². The van der Waals surface area contributed by atoms with Crippen molar-refractivity contribution in [3.8, 4) is 17.6 Å². The first-order valence-electron chi connectivity index (χ1n) is 10.2. The normalized spacial score (nSPS) is 11.2. The molecule has 0 fully saturated rings. The number of benzene rings is 1. The maximum absolute atomic E-state index is 12.2. The van der Waals surface area contributed by atoms with Crippen LogP contribution in [0.4, 0.5) is 16.4 Å². The number of amides is 1. The van der Waals surface area contributed by atoms with Gasteiger partial charge in [-0.25, -0.2) is 14.8 Å². The van der Waals surface area contributed by atoms with Crippen molar-refractivity contribution in [1.29, 1.82) is 0 Å². The average molecular weight is 465 g/mol. The van der Waals surface area contributed by atoms with Crippen LogP contribution in [0.3, 0.4) is 0 Å². The fraction of sp³-hybridized carbons (Fsp3) is 0.292. The SMILES string of the molecule is CCOc1ccc2nc(/C=C/C#Cc3ccc(N(C)C(=O)OC(C)(C)C)nc3N=O)sc2c1. The molecule has 8 nitrogen and oxygen atoms in total. The Morgan fingerprint density at radius 1 is 1.24 bits per heavy atom. The molecular weight excluding hydrogens is 440 g/mol. The molecule has 0 aliphatic rings. The number of rotatable bonds is 5. The Hall–Kier alpha value is -3.77. The van der Waals surface area contributed by atoms with Gasteiger partial charge in [0.2, 0.25) is 5.82 Å². The molecule has 3 aromatic rings. The van der Waals surface area contributed by atoms with Crippen molar-refractivity contribution in [1.82, 2.24) is 9.97 Å². The number of carbonyl (C=O) groups is 1. The number of pyridine rings is 1. The predicted octanol–water partition coefficient (Wildman–Crippen LogP) is 5.92. The molecule has 0 unspecified atom stereocenters. The molecule has 0 aliphatic heterocycles. The van der Waals surface area contributed by atoms with E-state index in [9.17, 15) is 9.70 Å². The van der Waals surface area contributed by atoms with Crippen LogP contribution >= 0.6 is 11.3 Å². The number of allylic oxidation sites excluding steroid dienone is 1. The molecule has 0 saturated heterocycles. The standard InChI is InChI=1S/C24H24N4O4S/c1-6-31-17-12-13-18-19(15-17)33-21(25-18)10-8-7-9-16-11-14-20(26-22(16)27-30)28(5)23(29)32-24(2,3)4/h8,10-15H,6H2,1-5H3/b10-8+. The second kappa shape index (κ2) is 10.2. The minimum atomic E-state index is -0.649. The first-order valence-corrected chi connectivity index (χ1v) is 11.0. The van der Waals surface area contributed by atoms with Crippen LogP contribution in [-0.4, -0.2) is 35.3 Å². The molecule has 0 bridgehead atoms. The van der Waals surface area contributed by atoms with Gasteiger partial charge in [-0.1, -0.05) is 11.8 Å². The summed E-state index contributed by atoms with van der Waals surface area (Å²) in [4.78, 5) is 33.4. The van der Waals surface area contributed by atoms with Crippen LogP contribution in [0.2, 0.25) is 0 Å². The molecule has 0 radical (unpaired) electrons. The number of hydrogen-bond donors (Lipinski definition) is 0. The van der Waals surface area contributed by atoms with Gasteiger partial charge in [-0.15, -0.1) is 16.2 Å². The highest BCUT2D eigenvalue weighted by atomic mass is 32.1. The Kier molecular flexibility index (Phi) is 7.41. The van der Waals surface area contributed by atoms with E-state index in [1.165, 1.54) is 23.3 Å². The molecule has 0 spiro atoms. The molecule has 0 atom stereocenters. The van der Waals surface area contributed by atoms with Gasteiger partial charge in [0, 0.05) is 7.05 Å². The highest BCUT2D eigenvalue weighted by Gasteiger charge is 2.22. The Balaban J connectivity index is 1.74. The summed E-state index contributed by atoms with van der Waals surface area (Å²) in [5.74, 6) is 6.67. The second-order valence-electron chi connectivity index (χ2n) is 7.89. The Morgan fingerprint density at radius 3 is 2.73 bits per heavy atom. The molecule has 2 heterocycles. The second-order valence-corrected chi connectivity index (χ2v) is 8.95. The summed E-state index contributed by atoms with van der Waals surface area (Å²) < 4.78 is 11.9. The Labute approximate surface area is 196 Å². The summed E-state index contributed by atoms with van der Waals surface area (Å²) in [5.41, 5.74) is 0.586. The largest absolute Gasteiger partial charge is 0.494 e. The predicted molar refractivity (Wildman–Crippen MR) is 131 cm³/mol. The van der Waals surface area contributed by atoms with Gasteiger partial charge in [0.05, 0.1) is 22.4 Å². The maximum atomic E-state index is 12.2. The van der Waals surface area contributed by atoms with E-state index in [0.717, 1.165) is 21.0 Å². The number of nitrogens with zero attached hydrogens (tertiary/aromatic N) is 4. The fourth-order valence-electron chi connectivity index (χ4n) is 2.70. The summed E-state index contributed by atoms with van der Waals surface area (Å²) in [6.07, 6.45) is 2.86. The fourth-order valence-corrected chi connectivity index (χ4v) is 3.60. The van der Waals surface area contributed by atoms with Gasteiger partial charge in [-0.3, -0.25) is 4.90 Å². The van der Waals surface area contributed by atoms with Crippen molar-refractivity contribution >= 4 is 45.4 Å². The number of carbonyl (C=O) groups excluding carboxylic acids is 1. The van der Waals surface area contributed by atoms with Crippen molar-refractivity contribution in [2.75, 3.05) is 18.6 Å². The van der Waals surface area contributed by atoms with E-state index in [-0.39, 0.29) is 11.6 Å². The average Bonchev–Trinajstić information content (AvgIpc) is 3.17. The lowest BCUT2D eigenvalue weighted by molar-refractivity contribution is 0.0588. The molecule has 0 N–H and O–H groups in total. The van der Waals surface area contributed by atoms with Crippen LogP contribution < -0.4 is 9.64 Å². The maximum Gasteiger partial charge on any atom is 0.415 e. The van der Waals surface area contributed by atoms with Crippen molar-refractivity contribution in [3.63, 3.8) is 0 Å². The highest BCUT2D eigenvalue weighted by molar-refractivity contribution is 7.19. The summed E-state index contributed by atoms with van der Waals surface area (Å²) in [6, 6.07) is 8.94. The summed E-state index contributed by atoms with van der Waals surface area (Å²) in [6.45, 7) is 7.85. The molecule has 0 saturated carbocycles. The van der Waals surface area contributed by atoms with Gasteiger partial charge < -0.3 is 9.47 Å². The summed E-state index contributed by atoms with van der Waals surface area (Å²) >= 11 is 1.53. The lowest BCUT2D eigenvalue weighted by Crippen LogP contribution is -2.34. The quantitative estimate of drug-likeness (QED) is 0.343. The van der Waals surface area contributed by atoms with Gasteiger partial charge in [-0.05, 0) is 75.4 Å². The first kappa shape index (κ1) is 23.9. The van der Waals surface area contributed by atoms with Crippen molar-refractivity contribution in [2.24, 2.45) is 5.18 Å². The van der Waals surface area contributed by atoms with Crippen LogP contribution in [0, 0.1) is 16.7 Å². The van der Waals surface area contributed by atoms with Crippen LogP contribution in [-0.2, 0) is 4.74 Å². The zero-order valence-corrected chi connectivity index (χ0v) is 19.9. The smallest absolute Gasteiger partial charge is 0.415 e. The lowest BCUT2D eigenvalue weighted by Gasteiger charge is -2.24. The molecular formula is C24H24N4O4S. The molecule has 0 aliphatic carbocycles. The van der Waals surface area contributed by atoms with Gasteiger partial charge in [0.25, 0.3) is 0 Å². The number of hydrogen-bond acceptors (Lipinski definition) is 8. The monoisotopic (exact) mass is 464 g/mol. The van der Waals surface area contributed by atoms with E-state index >= 15 is 0 Å². The van der Waals surface area contributed by atoms with E-state index in [1.807, 2.05) is 25.1 Å². The molecule has 9 heteroatoms. The van der Waals surface area contributed by atoms with Crippen molar-refractivity contribution < 1.29 is 14.3 Å². The third kappa shape index (κ3) is 6.37. The summed E-state index contributed by atoms with van der Waals surface area (Å²) in [7, 11) is 1.51. The van der Waals surface area contributed by atoms with E-state index in [1.54, 1.807) is 45.1 Å². The van der Waals surface area contributed by atoms with E-state index in [2.05, 4.69) is 27.0 Å². The Bertz CT molecular complexity index is 1260. The lowest BCUT2D eigenvalue weighted by atomic mass is 10.2. The minimum Gasteiger partial charge on any atom is -0.494 e. The molecule has 33 heavy (non-hydrogen) atoms. The third-order valence-electron chi connectivity index (χ3n) is 4.16. The zero-order chi connectivity index (χ0) is 24.0. The molecule has 1 amide bonds. The molecule has 170 valence electrons. The van der Waals surface area contributed by atoms with Crippen LogP contribution in [0.1, 0.15) is 38.3 Å². The van der Waals surface area contributed by atoms with E-state index in [0.29, 0.717) is 12.2 Å². The number of aromatic nitrogens is 2. The Morgan fingerprint density at radius 2 is 2.03 bits per heavy atom. The molecule has 1 aromatic carbocycles. The van der Waals surface area contributed by atoms with E-state index in [4.69, 9.17) is 9.47 Å². The van der Waals surface area contributed by atoms with Crippen molar-refractivity contribution in [3.05, 3.63) is 51.9 Å². The van der Waals surface area contributed by atoms with Crippen LogP contribution in [0.15, 0.2) is 41.6 Å². The van der Waals surface area contributed by atoms with Crippen LogP contribution in [0.5, 0.6) is 5.75 Å². The van der Waals surface area contributed by atoms with Gasteiger partial charge in [0.1, 0.15) is 22.2 Å². The van der Waals surface area contributed by atoms with Crippen LogP contribution in [0.25, 0.3) is 16.3 Å². The van der Waals surface area contributed by atoms with E-state index < -0.39 is 11.7 Å². The van der Waals surface area contributed by atoms with Gasteiger partial charge in [-0.2, -0.15) is 0 Å². The third-order valence-corrected chi connectivity index (χ3v) is 5.14. The number of anilines is 1. The number of thiazole rings is 1. The number of fused-ring (bicyclic) bond motifs is 1. The first-order chi connectivity index (χ1) is 15.7. The molecule has 3 rings (SSSR count). The topological polar surface area (TPSA) is 94.0 Å². The highest BCUT2D eigenvalue weighted by Crippen LogP contribution is 2.27. The van der Waals surface area contributed by atoms with Crippen molar-refractivity contribution in [2.45, 2.75) is 33.3 Å². The zero-order valence-electron chi connectivity index (χ0n) is 19.1. The molecule has 2 aromatic heterocycles. The minimum absolute atomic E-state index is 0.104. The summed E-state index contributed by atoms with van der Waals surface area (Å²) in [5, 5.41) is 3.75.